The fourth-order valence-corrected chi connectivity index (χ4v) is 3.26. The van der Waals surface area contributed by atoms with Crippen LogP contribution >= 0.6 is 22.9 Å². The Morgan fingerprint density at radius 2 is 2.13 bits per heavy atom. The molecule has 1 amide bonds. The third-order valence-corrected chi connectivity index (χ3v) is 4.59. The molecule has 4 nitrogen and oxygen atoms in total. The highest BCUT2D eigenvalue weighted by molar-refractivity contribution is 7.22. The lowest BCUT2D eigenvalue weighted by atomic mass is 10.1. The van der Waals surface area contributed by atoms with E-state index in [2.05, 4.69) is 4.98 Å². The maximum atomic E-state index is 13.4. The Balaban J connectivity index is 1.96. The molecule has 0 unspecified atom stereocenters. The molecule has 0 spiro atoms. The van der Waals surface area contributed by atoms with Gasteiger partial charge in [0.25, 0.3) is 5.91 Å². The number of rotatable bonds is 2. The minimum absolute atomic E-state index is 0.166. The number of amides is 1. The van der Waals surface area contributed by atoms with Crippen LogP contribution in [0.4, 0.5) is 9.52 Å². The number of halogens is 2. The molecule has 0 saturated heterocycles. The van der Waals surface area contributed by atoms with E-state index in [9.17, 15) is 9.18 Å². The van der Waals surface area contributed by atoms with E-state index in [1.807, 2.05) is 0 Å². The molecule has 0 saturated carbocycles. The zero-order chi connectivity index (χ0) is 16.6. The molecule has 0 aliphatic rings. The van der Waals surface area contributed by atoms with Crippen LogP contribution in [-0.4, -0.2) is 17.9 Å². The molecule has 23 heavy (non-hydrogen) atoms. The molecule has 0 N–H and O–H groups in total. The topological polar surface area (TPSA) is 57.0 Å². The van der Waals surface area contributed by atoms with Gasteiger partial charge in [0.15, 0.2) is 5.13 Å². The SMILES string of the molecule is CN(C(=O)c1ccc(F)c(C#N)c1)c1nc2ccc(Cl)cc2s1. The van der Waals surface area contributed by atoms with E-state index in [0.29, 0.717) is 10.2 Å². The minimum Gasteiger partial charge on any atom is -0.287 e. The molecule has 3 aromatic rings. The Bertz CT molecular complexity index is 964. The van der Waals surface area contributed by atoms with Crippen LogP contribution < -0.4 is 4.90 Å². The summed E-state index contributed by atoms with van der Waals surface area (Å²) in [6.07, 6.45) is 0. The largest absolute Gasteiger partial charge is 0.287 e. The highest BCUT2D eigenvalue weighted by Gasteiger charge is 2.18. The Kier molecular flexibility index (Phi) is 3.99. The van der Waals surface area contributed by atoms with Gasteiger partial charge in [0.05, 0.1) is 15.8 Å². The number of benzene rings is 2. The van der Waals surface area contributed by atoms with E-state index in [4.69, 9.17) is 16.9 Å². The second kappa shape index (κ2) is 5.95. The van der Waals surface area contributed by atoms with Crippen molar-refractivity contribution in [2.75, 3.05) is 11.9 Å². The van der Waals surface area contributed by atoms with Crippen LogP contribution in [0.25, 0.3) is 10.2 Å². The van der Waals surface area contributed by atoms with Crippen LogP contribution in [0, 0.1) is 17.1 Å². The first-order chi connectivity index (χ1) is 11.0. The van der Waals surface area contributed by atoms with Gasteiger partial charge in [0.1, 0.15) is 11.9 Å². The van der Waals surface area contributed by atoms with Crippen molar-refractivity contribution in [3.63, 3.8) is 0 Å². The number of carbonyl (C=O) groups is 1. The molecular formula is C16H9ClFN3OS. The monoisotopic (exact) mass is 345 g/mol. The summed E-state index contributed by atoms with van der Waals surface area (Å²) in [5.41, 5.74) is 0.800. The first kappa shape index (κ1) is 15.4. The molecule has 3 rings (SSSR count). The highest BCUT2D eigenvalue weighted by atomic mass is 35.5. The Morgan fingerprint density at radius 1 is 1.35 bits per heavy atom. The summed E-state index contributed by atoms with van der Waals surface area (Å²) in [4.78, 5) is 18.3. The van der Waals surface area contributed by atoms with E-state index in [1.165, 1.54) is 28.4 Å². The number of nitriles is 1. The van der Waals surface area contributed by atoms with Crippen molar-refractivity contribution in [2.24, 2.45) is 0 Å². The Hall–Kier alpha value is -2.49. The summed E-state index contributed by atoms with van der Waals surface area (Å²) in [6.45, 7) is 0. The molecule has 1 aromatic heterocycles. The Labute approximate surface area is 140 Å². The number of fused-ring (bicyclic) bond motifs is 1. The molecule has 0 radical (unpaired) electrons. The first-order valence-corrected chi connectivity index (χ1v) is 7.73. The molecule has 0 fully saturated rings. The summed E-state index contributed by atoms with van der Waals surface area (Å²) in [7, 11) is 1.58. The van der Waals surface area contributed by atoms with Gasteiger partial charge in [-0.3, -0.25) is 9.69 Å². The smallest absolute Gasteiger partial charge is 0.259 e. The van der Waals surface area contributed by atoms with Crippen molar-refractivity contribution in [3.8, 4) is 6.07 Å². The number of anilines is 1. The lowest BCUT2D eigenvalue weighted by Crippen LogP contribution is -2.26. The normalized spacial score (nSPS) is 10.5. The maximum Gasteiger partial charge on any atom is 0.259 e. The lowest BCUT2D eigenvalue weighted by molar-refractivity contribution is 0.0993. The van der Waals surface area contributed by atoms with Crippen LogP contribution in [0.2, 0.25) is 5.02 Å². The third-order valence-electron chi connectivity index (χ3n) is 3.26. The zero-order valence-corrected chi connectivity index (χ0v) is 13.5. The van der Waals surface area contributed by atoms with Gasteiger partial charge in [0.2, 0.25) is 0 Å². The number of nitrogens with zero attached hydrogens (tertiary/aromatic N) is 3. The van der Waals surface area contributed by atoms with Crippen molar-refractivity contribution in [1.29, 1.82) is 5.26 Å². The molecule has 2 aromatic carbocycles. The van der Waals surface area contributed by atoms with E-state index in [0.717, 1.165) is 16.3 Å². The van der Waals surface area contributed by atoms with Crippen LogP contribution in [0.15, 0.2) is 36.4 Å². The number of hydrogen-bond donors (Lipinski definition) is 0. The number of thiazole rings is 1. The summed E-state index contributed by atoms with van der Waals surface area (Å²) < 4.78 is 14.2. The molecule has 0 bridgehead atoms. The van der Waals surface area contributed by atoms with Crippen LogP contribution in [0.3, 0.4) is 0 Å². The van der Waals surface area contributed by atoms with E-state index >= 15 is 0 Å². The molecule has 0 atom stereocenters. The van der Waals surface area contributed by atoms with Crippen molar-refractivity contribution >= 4 is 44.2 Å². The average Bonchev–Trinajstić information content (AvgIpc) is 2.97. The zero-order valence-electron chi connectivity index (χ0n) is 11.9. The fraction of sp³-hybridized carbons (Fsp3) is 0.0625. The number of aromatic nitrogens is 1. The van der Waals surface area contributed by atoms with Crippen molar-refractivity contribution in [3.05, 3.63) is 58.4 Å². The van der Waals surface area contributed by atoms with Crippen molar-refractivity contribution < 1.29 is 9.18 Å². The van der Waals surface area contributed by atoms with Crippen molar-refractivity contribution in [1.82, 2.24) is 4.98 Å². The van der Waals surface area contributed by atoms with E-state index in [-0.39, 0.29) is 17.0 Å². The van der Waals surface area contributed by atoms with E-state index in [1.54, 1.807) is 31.3 Å². The third kappa shape index (κ3) is 2.89. The van der Waals surface area contributed by atoms with Gasteiger partial charge in [-0.25, -0.2) is 9.37 Å². The summed E-state index contributed by atoms with van der Waals surface area (Å²) in [5, 5.41) is 9.96. The predicted molar refractivity (Wildman–Crippen MR) is 88.5 cm³/mol. The molecule has 0 aliphatic heterocycles. The standard InChI is InChI=1S/C16H9ClFN3OS/c1-21(15(22)9-2-4-12(18)10(6-9)8-19)16-20-13-5-3-11(17)7-14(13)23-16/h2-7H,1H3. The van der Waals surface area contributed by atoms with Gasteiger partial charge < -0.3 is 0 Å². The van der Waals surface area contributed by atoms with Crippen LogP contribution in [0.1, 0.15) is 15.9 Å². The molecule has 0 aliphatic carbocycles. The summed E-state index contributed by atoms with van der Waals surface area (Å²) >= 11 is 7.27. The van der Waals surface area contributed by atoms with Gasteiger partial charge in [-0.15, -0.1) is 0 Å². The average molecular weight is 346 g/mol. The van der Waals surface area contributed by atoms with Gasteiger partial charge in [0, 0.05) is 17.6 Å². The first-order valence-electron chi connectivity index (χ1n) is 6.53. The second-order valence-electron chi connectivity index (χ2n) is 4.78. The molecular weight excluding hydrogens is 337 g/mol. The quantitative estimate of drug-likeness (QED) is 0.698. The predicted octanol–water partition coefficient (Wildman–Crippen LogP) is 4.24. The summed E-state index contributed by atoms with van der Waals surface area (Å²) in [5.74, 6) is -1.02. The minimum atomic E-state index is -0.652. The number of carbonyl (C=O) groups excluding carboxylic acids is 1. The van der Waals surface area contributed by atoms with Gasteiger partial charge in [-0.2, -0.15) is 5.26 Å². The van der Waals surface area contributed by atoms with Gasteiger partial charge in [-0.05, 0) is 36.4 Å². The van der Waals surface area contributed by atoms with Crippen LogP contribution in [0.5, 0.6) is 0 Å². The van der Waals surface area contributed by atoms with Crippen LogP contribution in [-0.2, 0) is 0 Å². The molecule has 7 heteroatoms. The van der Waals surface area contributed by atoms with E-state index < -0.39 is 5.82 Å². The van der Waals surface area contributed by atoms with Gasteiger partial charge in [-0.1, -0.05) is 22.9 Å². The molecule has 114 valence electrons. The maximum absolute atomic E-state index is 13.4. The Morgan fingerprint density at radius 3 is 2.87 bits per heavy atom. The van der Waals surface area contributed by atoms with Crippen molar-refractivity contribution in [2.45, 2.75) is 0 Å². The fourth-order valence-electron chi connectivity index (χ4n) is 2.05. The van der Waals surface area contributed by atoms with Gasteiger partial charge >= 0.3 is 0 Å². The lowest BCUT2D eigenvalue weighted by Gasteiger charge is -2.13. The second-order valence-corrected chi connectivity index (χ2v) is 6.22. The summed E-state index contributed by atoms with van der Waals surface area (Å²) in [6, 6.07) is 10.7. The number of hydrogen-bond acceptors (Lipinski definition) is 4. The molecule has 1 heterocycles. The highest BCUT2D eigenvalue weighted by Crippen LogP contribution is 2.30.